The zero-order chi connectivity index (χ0) is 21.3. The van der Waals surface area contributed by atoms with Crippen molar-refractivity contribution in [2.45, 2.75) is 31.6 Å². The first kappa shape index (κ1) is 20.1. The van der Waals surface area contributed by atoms with Crippen LogP contribution in [0.4, 0.5) is 19.3 Å². The number of likely N-dealkylation sites (tertiary alicyclic amines) is 1. The smallest absolute Gasteiger partial charge is 0.322 e. The van der Waals surface area contributed by atoms with Gasteiger partial charge in [0, 0.05) is 31.3 Å². The minimum absolute atomic E-state index is 0.0403. The summed E-state index contributed by atoms with van der Waals surface area (Å²) in [4.78, 5) is 28.8. The molecule has 0 aliphatic carbocycles. The first-order chi connectivity index (χ1) is 14.5. The highest BCUT2D eigenvalue weighted by Crippen LogP contribution is 2.27. The number of benzene rings is 2. The molecule has 0 saturated carbocycles. The van der Waals surface area contributed by atoms with Gasteiger partial charge >= 0.3 is 6.03 Å². The number of nitrogens with one attached hydrogen (secondary N) is 1. The summed E-state index contributed by atoms with van der Waals surface area (Å²) in [5.74, 6) is -0.836. The van der Waals surface area contributed by atoms with Crippen LogP contribution in [0.5, 0.6) is 5.75 Å². The number of rotatable bonds is 3. The molecule has 1 saturated heterocycles. The number of alkyl halides is 1. The molecule has 0 spiro atoms. The van der Waals surface area contributed by atoms with E-state index in [1.807, 2.05) is 24.3 Å². The van der Waals surface area contributed by atoms with E-state index in [1.165, 1.54) is 29.7 Å². The van der Waals surface area contributed by atoms with Crippen LogP contribution < -0.4 is 10.1 Å². The zero-order valence-electron chi connectivity index (χ0n) is 16.6. The Morgan fingerprint density at radius 1 is 1.17 bits per heavy atom. The van der Waals surface area contributed by atoms with Crippen LogP contribution in [-0.4, -0.2) is 54.2 Å². The Bertz CT molecular complexity index is 968. The summed E-state index contributed by atoms with van der Waals surface area (Å²) in [7, 11) is 1.34. The van der Waals surface area contributed by atoms with Gasteiger partial charge in [-0.2, -0.15) is 0 Å². The first-order valence-corrected chi connectivity index (χ1v) is 9.87. The predicted molar refractivity (Wildman–Crippen MR) is 108 cm³/mol. The molecule has 2 aromatic rings. The summed E-state index contributed by atoms with van der Waals surface area (Å²) in [6.07, 6.45) is -0.596. The Kier molecular flexibility index (Phi) is 5.57. The molecule has 2 heterocycles. The van der Waals surface area contributed by atoms with Gasteiger partial charge in [0.15, 0.2) is 11.6 Å². The minimum Gasteiger partial charge on any atom is -0.494 e. The lowest BCUT2D eigenvalue weighted by Crippen LogP contribution is -2.50. The summed E-state index contributed by atoms with van der Waals surface area (Å²) in [6.45, 7) is 0.801. The first-order valence-electron chi connectivity index (χ1n) is 9.87. The van der Waals surface area contributed by atoms with E-state index in [4.69, 9.17) is 4.74 Å². The summed E-state index contributed by atoms with van der Waals surface area (Å²) in [6, 6.07) is 10.4. The van der Waals surface area contributed by atoms with Crippen molar-refractivity contribution in [2.24, 2.45) is 0 Å². The molecular formula is C22H23F2N3O3. The van der Waals surface area contributed by atoms with Crippen LogP contribution in [0.15, 0.2) is 42.5 Å². The van der Waals surface area contributed by atoms with Gasteiger partial charge in [-0.05, 0) is 29.7 Å². The van der Waals surface area contributed by atoms with E-state index in [-0.39, 0.29) is 30.3 Å². The maximum atomic E-state index is 14.2. The quantitative estimate of drug-likeness (QED) is 0.836. The van der Waals surface area contributed by atoms with E-state index in [1.54, 1.807) is 4.90 Å². The monoisotopic (exact) mass is 415 g/mol. The van der Waals surface area contributed by atoms with Gasteiger partial charge in [0.05, 0.1) is 13.7 Å². The highest BCUT2D eigenvalue weighted by Gasteiger charge is 2.42. The summed E-state index contributed by atoms with van der Waals surface area (Å²) >= 11 is 0. The number of carbonyl (C=O) groups is 2. The number of ether oxygens (including phenoxy) is 1. The lowest BCUT2D eigenvalue weighted by atomic mass is 9.99. The average molecular weight is 415 g/mol. The number of nitrogens with zero attached hydrogens (tertiary/aromatic N) is 2. The second-order valence-electron chi connectivity index (χ2n) is 7.56. The van der Waals surface area contributed by atoms with Crippen molar-refractivity contribution in [3.8, 4) is 5.75 Å². The van der Waals surface area contributed by atoms with Crippen LogP contribution in [0.2, 0.25) is 0 Å². The molecule has 2 aliphatic heterocycles. The Morgan fingerprint density at radius 3 is 2.67 bits per heavy atom. The van der Waals surface area contributed by atoms with Gasteiger partial charge in [-0.25, -0.2) is 13.6 Å². The van der Waals surface area contributed by atoms with E-state index < -0.39 is 24.1 Å². The third-order valence-electron chi connectivity index (χ3n) is 5.64. The summed E-state index contributed by atoms with van der Waals surface area (Å²) in [5.41, 5.74) is 2.47. The van der Waals surface area contributed by atoms with Gasteiger partial charge in [0.25, 0.3) is 0 Å². The lowest BCUT2D eigenvalue weighted by Gasteiger charge is -2.33. The van der Waals surface area contributed by atoms with Crippen molar-refractivity contribution in [2.75, 3.05) is 25.5 Å². The Morgan fingerprint density at radius 2 is 1.93 bits per heavy atom. The van der Waals surface area contributed by atoms with Crippen LogP contribution >= 0.6 is 0 Å². The molecule has 2 aliphatic rings. The molecule has 0 bridgehead atoms. The number of carbonyl (C=O) groups excluding carboxylic acids is 2. The largest absolute Gasteiger partial charge is 0.494 e. The molecule has 0 radical (unpaired) electrons. The van der Waals surface area contributed by atoms with Crippen molar-refractivity contribution in [1.82, 2.24) is 9.80 Å². The predicted octanol–water partition coefficient (Wildman–Crippen LogP) is 3.36. The molecule has 30 heavy (non-hydrogen) atoms. The van der Waals surface area contributed by atoms with Crippen molar-refractivity contribution in [3.63, 3.8) is 0 Å². The molecule has 2 atom stereocenters. The Hall–Kier alpha value is -3.16. The highest BCUT2D eigenvalue weighted by molar-refractivity contribution is 5.94. The third kappa shape index (κ3) is 3.94. The summed E-state index contributed by atoms with van der Waals surface area (Å²) in [5, 5.41) is 2.55. The molecule has 0 aromatic heterocycles. The standard InChI is InChI=1S/C22H23F2N3O3/c1-30-20-7-6-17(11-18(20)24)25-22(29)27-13-16(23)10-19(27)21(28)26-9-8-14-4-2-3-5-15(14)12-26/h2-7,11,16,19H,8-10,12-13H2,1H3,(H,25,29)/t16-,19-/m0/s1. The van der Waals surface area contributed by atoms with E-state index in [0.29, 0.717) is 13.1 Å². The molecular weight excluding hydrogens is 392 g/mol. The molecule has 2 aromatic carbocycles. The van der Waals surface area contributed by atoms with Crippen LogP contribution in [0.25, 0.3) is 0 Å². The van der Waals surface area contributed by atoms with Gasteiger partial charge in [0.1, 0.15) is 12.2 Å². The number of amides is 3. The average Bonchev–Trinajstić information content (AvgIpc) is 3.15. The number of fused-ring (bicyclic) bond motifs is 1. The highest BCUT2D eigenvalue weighted by atomic mass is 19.1. The molecule has 1 N–H and O–H groups in total. The minimum atomic E-state index is -1.28. The van der Waals surface area contributed by atoms with Crippen molar-refractivity contribution >= 4 is 17.6 Å². The van der Waals surface area contributed by atoms with Crippen molar-refractivity contribution < 1.29 is 23.1 Å². The van der Waals surface area contributed by atoms with Gasteiger partial charge < -0.3 is 19.9 Å². The zero-order valence-corrected chi connectivity index (χ0v) is 16.6. The second kappa shape index (κ2) is 8.30. The normalized spacial score (nSPS) is 20.6. The van der Waals surface area contributed by atoms with Crippen LogP contribution in [-0.2, 0) is 17.8 Å². The van der Waals surface area contributed by atoms with Gasteiger partial charge in [0.2, 0.25) is 5.91 Å². The fourth-order valence-corrected chi connectivity index (χ4v) is 4.08. The topological polar surface area (TPSA) is 61.9 Å². The van der Waals surface area contributed by atoms with E-state index >= 15 is 0 Å². The van der Waals surface area contributed by atoms with Crippen molar-refractivity contribution in [3.05, 3.63) is 59.4 Å². The second-order valence-corrected chi connectivity index (χ2v) is 7.56. The molecule has 1 fully saturated rings. The number of urea groups is 1. The lowest BCUT2D eigenvalue weighted by molar-refractivity contribution is -0.136. The number of hydrogen-bond acceptors (Lipinski definition) is 3. The molecule has 8 heteroatoms. The maximum absolute atomic E-state index is 14.2. The number of halogens is 2. The van der Waals surface area contributed by atoms with Gasteiger partial charge in [-0.1, -0.05) is 24.3 Å². The molecule has 158 valence electrons. The number of methoxy groups -OCH3 is 1. The van der Waals surface area contributed by atoms with E-state index in [9.17, 15) is 18.4 Å². The molecule has 6 nitrogen and oxygen atoms in total. The fourth-order valence-electron chi connectivity index (χ4n) is 4.08. The fraction of sp³-hybridized carbons (Fsp3) is 0.364. The Balaban J connectivity index is 1.47. The summed E-state index contributed by atoms with van der Waals surface area (Å²) < 4.78 is 32.9. The van der Waals surface area contributed by atoms with Crippen molar-refractivity contribution in [1.29, 1.82) is 0 Å². The molecule has 3 amide bonds. The van der Waals surface area contributed by atoms with E-state index in [0.717, 1.165) is 18.1 Å². The van der Waals surface area contributed by atoms with Crippen LogP contribution in [0.1, 0.15) is 17.5 Å². The number of anilines is 1. The third-order valence-corrected chi connectivity index (χ3v) is 5.64. The van der Waals surface area contributed by atoms with Gasteiger partial charge in [-0.3, -0.25) is 4.79 Å². The molecule has 0 unspecified atom stereocenters. The Labute approximate surface area is 173 Å². The van der Waals surface area contributed by atoms with Crippen LogP contribution in [0.3, 0.4) is 0 Å². The SMILES string of the molecule is COc1ccc(NC(=O)N2C[C@@H](F)C[C@H]2C(=O)N2CCc3ccccc3C2)cc1F. The van der Waals surface area contributed by atoms with Crippen LogP contribution in [0, 0.1) is 5.82 Å². The van der Waals surface area contributed by atoms with Gasteiger partial charge in [-0.15, -0.1) is 0 Å². The van der Waals surface area contributed by atoms with E-state index in [2.05, 4.69) is 5.32 Å². The molecule has 4 rings (SSSR count). The maximum Gasteiger partial charge on any atom is 0.322 e. The number of hydrogen-bond donors (Lipinski definition) is 1.